The van der Waals surface area contributed by atoms with Crippen LogP contribution in [0, 0.1) is 11.7 Å². The molecule has 4 nitrogen and oxygen atoms in total. The van der Waals surface area contributed by atoms with Crippen LogP contribution in [0.2, 0.25) is 0 Å². The van der Waals surface area contributed by atoms with Crippen LogP contribution in [-0.2, 0) is 18.6 Å². The van der Waals surface area contributed by atoms with Gasteiger partial charge in [-0.1, -0.05) is 39.0 Å². The Bertz CT molecular complexity index is 722. The quantitative estimate of drug-likeness (QED) is 0.660. The molecule has 0 aliphatic rings. The Balaban J connectivity index is 2.27. The maximum atomic E-state index is 6.05. The Morgan fingerprint density at radius 2 is 2.14 bits per heavy atom. The van der Waals surface area contributed by atoms with Crippen LogP contribution in [-0.4, -0.2) is 14.8 Å². The number of allylic oxidation sites excluding steroid dienone is 1. The van der Waals surface area contributed by atoms with E-state index in [1.807, 2.05) is 4.57 Å². The monoisotopic (exact) mass is 317 g/mol. The number of H-pyrrole nitrogens is 1. The Hall–Kier alpha value is -1.88. The van der Waals surface area contributed by atoms with Crippen molar-refractivity contribution in [3.05, 3.63) is 52.6 Å². The van der Waals surface area contributed by atoms with E-state index >= 15 is 0 Å². The van der Waals surface area contributed by atoms with Crippen LogP contribution in [0.3, 0.4) is 0 Å². The number of hydrogen-bond acceptors (Lipinski definition) is 3. The molecule has 0 fully saturated rings. The molecule has 0 saturated carbocycles. The van der Waals surface area contributed by atoms with E-state index in [1.54, 1.807) is 6.08 Å². The van der Waals surface area contributed by atoms with Crippen LogP contribution in [0.1, 0.15) is 37.7 Å². The van der Waals surface area contributed by atoms with E-state index in [2.05, 4.69) is 62.7 Å². The fourth-order valence-electron chi connectivity index (χ4n) is 2.29. The summed E-state index contributed by atoms with van der Waals surface area (Å²) >= 11 is 5.22. The van der Waals surface area contributed by atoms with Gasteiger partial charge in [0, 0.05) is 6.54 Å². The van der Waals surface area contributed by atoms with Gasteiger partial charge in [0.05, 0.1) is 0 Å². The maximum absolute atomic E-state index is 6.05. The van der Waals surface area contributed by atoms with Crippen molar-refractivity contribution in [3.8, 4) is 5.75 Å². The van der Waals surface area contributed by atoms with Crippen LogP contribution in [0.5, 0.6) is 5.75 Å². The summed E-state index contributed by atoms with van der Waals surface area (Å²) in [5.74, 6) is 1.66. The van der Waals surface area contributed by atoms with Gasteiger partial charge in [-0.2, -0.15) is 5.10 Å². The predicted octanol–water partition coefficient (Wildman–Crippen LogP) is 4.31. The van der Waals surface area contributed by atoms with Gasteiger partial charge >= 0.3 is 0 Å². The molecule has 0 bridgehead atoms. The molecule has 0 radical (unpaired) electrons. The van der Waals surface area contributed by atoms with Gasteiger partial charge in [0.1, 0.15) is 12.4 Å². The molecule has 0 amide bonds. The molecule has 0 saturated heterocycles. The van der Waals surface area contributed by atoms with Crippen molar-refractivity contribution < 1.29 is 4.74 Å². The summed E-state index contributed by atoms with van der Waals surface area (Å²) in [6.07, 6.45) is 1.79. The number of hydrogen-bond donors (Lipinski definition) is 1. The fourth-order valence-corrected chi connectivity index (χ4v) is 2.51. The van der Waals surface area contributed by atoms with Gasteiger partial charge in [-0.3, -0.25) is 9.67 Å². The van der Waals surface area contributed by atoms with Gasteiger partial charge in [-0.05, 0) is 41.7 Å². The summed E-state index contributed by atoms with van der Waals surface area (Å²) < 4.78 is 8.51. The van der Waals surface area contributed by atoms with Gasteiger partial charge in [-0.15, -0.1) is 6.58 Å². The lowest BCUT2D eigenvalue weighted by Crippen LogP contribution is -2.14. The van der Waals surface area contributed by atoms with Crippen molar-refractivity contribution in [3.63, 3.8) is 0 Å². The summed E-state index contributed by atoms with van der Waals surface area (Å²) in [7, 11) is 0. The Labute approximate surface area is 136 Å². The molecule has 1 N–H and O–H groups in total. The average molecular weight is 317 g/mol. The first-order valence-corrected chi connectivity index (χ1v) is 7.72. The number of aromatic nitrogens is 3. The van der Waals surface area contributed by atoms with Crippen molar-refractivity contribution in [2.45, 2.75) is 46.3 Å². The number of nitrogens with zero attached hydrogens (tertiary/aromatic N) is 2. The average Bonchev–Trinajstić information content (AvgIpc) is 2.77. The van der Waals surface area contributed by atoms with E-state index in [0.29, 0.717) is 17.9 Å². The fraction of sp³-hybridized carbons (Fsp3) is 0.412. The number of ether oxygens (including phenoxy) is 1. The van der Waals surface area contributed by atoms with Gasteiger partial charge in [0.15, 0.2) is 10.6 Å². The number of aromatic amines is 1. The molecule has 2 aromatic rings. The highest BCUT2D eigenvalue weighted by Gasteiger charge is 2.19. The first-order valence-electron chi connectivity index (χ1n) is 7.32. The van der Waals surface area contributed by atoms with Crippen LogP contribution in [0.4, 0.5) is 0 Å². The number of aryl methyl sites for hydroxylation is 1. The first kappa shape index (κ1) is 16.5. The van der Waals surface area contributed by atoms with E-state index in [0.717, 1.165) is 11.6 Å². The van der Waals surface area contributed by atoms with Crippen LogP contribution < -0.4 is 4.74 Å². The smallest absolute Gasteiger partial charge is 0.195 e. The maximum Gasteiger partial charge on any atom is 0.195 e. The predicted molar refractivity (Wildman–Crippen MR) is 91.8 cm³/mol. The molecular formula is C17H23N3OS. The highest BCUT2D eigenvalue weighted by molar-refractivity contribution is 7.71. The lowest BCUT2D eigenvalue weighted by Gasteiger charge is -2.23. The molecule has 5 heteroatoms. The highest BCUT2D eigenvalue weighted by atomic mass is 32.1. The second kappa shape index (κ2) is 6.48. The third-order valence-corrected chi connectivity index (χ3v) is 3.76. The van der Waals surface area contributed by atoms with E-state index in [4.69, 9.17) is 17.0 Å². The topological polar surface area (TPSA) is 42.8 Å². The molecule has 1 heterocycles. The minimum absolute atomic E-state index is 0.0227. The molecule has 1 aromatic carbocycles. The summed E-state index contributed by atoms with van der Waals surface area (Å²) in [4.78, 5) is 0. The SMILES string of the molecule is C=CCn1c(COc2cc(C)ccc2C(C)(C)C)n[nH]c1=S. The molecule has 0 unspecified atom stereocenters. The van der Waals surface area contributed by atoms with Crippen molar-refractivity contribution in [1.82, 2.24) is 14.8 Å². The second-order valence-electron chi connectivity index (χ2n) is 6.38. The van der Waals surface area contributed by atoms with Gasteiger partial charge in [0.2, 0.25) is 0 Å². The largest absolute Gasteiger partial charge is 0.485 e. The van der Waals surface area contributed by atoms with Crippen molar-refractivity contribution in [2.24, 2.45) is 0 Å². The normalized spacial score (nSPS) is 11.5. The lowest BCUT2D eigenvalue weighted by atomic mass is 9.86. The van der Waals surface area contributed by atoms with Crippen LogP contribution in [0.25, 0.3) is 0 Å². The Morgan fingerprint density at radius 1 is 1.41 bits per heavy atom. The summed E-state index contributed by atoms with van der Waals surface area (Å²) in [6, 6.07) is 6.31. The molecule has 0 spiro atoms. The molecule has 1 aromatic heterocycles. The zero-order valence-electron chi connectivity index (χ0n) is 13.6. The zero-order chi connectivity index (χ0) is 16.3. The van der Waals surface area contributed by atoms with Crippen molar-refractivity contribution >= 4 is 12.2 Å². The minimum atomic E-state index is 0.0227. The third kappa shape index (κ3) is 3.65. The van der Waals surface area contributed by atoms with Crippen molar-refractivity contribution in [2.75, 3.05) is 0 Å². The summed E-state index contributed by atoms with van der Waals surface area (Å²) in [5, 5.41) is 7.04. The molecule has 22 heavy (non-hydrogen) atoms. The van der Waals surface area contributed by atoms with E-state index in [9.17, 15) is 0 Å². The zero-order valence-corrected chi connectivity index (χ0v) is 14.5. The van der Waals surface area contributed by atoms with Gasteiger partial charge < -0.3 is 4.74 Å². The molecule has 118 valence electrons. The van der Waals surface area contributed by atoms with E-state index in [1.165, 1.54) is 11.1 Å². The first-order chi connectivity index (χ1) is 10.3. The molecule has 0 aliphatic heterocycles. The van der Waals surface area contributed by atoms with E-state index in [-0.39, 0.29) is 5.41 Å². The van der Waals surface area contributed by atoms with Gasteiger partial charge in [0.25, 0.3) is 0 Å². The minimum Gasteiger partial charge on any atom is -0.485 e. The van der Waals surface area contributed by atoms with E-state index < -0.39 is 0 Å². The standard InChI is InChI=1S/C17H23N3OS/c1-6-9-20-15(18-19-16(20)22)11-21-14-10-12(2)7-8-13(14)17(3,4)5/h6-8,10H,1,9,11H2,2-5H3,(H,19,22). The second-order valence-corrected chi connectivity index (χ2v) is 6.77. The van der Waals surface area contributed by atoms with Crippen LogP contribution in [0.15, 0.2) is 30.9 Å². The lowest BCUT2D eigenvalue weighted by molar-refractivity contribution is 0.282. The molecule has 0 aliphatic carbocycles. The number of nitrogens with one attached hydrogen (secondary N) is 1. The number of rotatable bonds is 5. The molecule has 2 rings (SSSR count). The Morgan fingerprint density at radius 3 is 2.77 bits per heavy atom. The molecule has 0 atom stereocenters. The Kier molecular flexibility index (Phi) is 4.86. The highest BCUT2D eigenvalue weighted by Crippen LogP contribution is 2.32. The molecular weight excluding hydrogens is 294 g/mol. The summed E-state index contributed by atoms with van der Waals surface area (Å²) in [5.41, 5.74) is 2.38. The van der Waals surface area contributed by atoms with Gasteiger partial charge in [-0.25, -0.2) is 0 Å². The third-order valence-electron chi connectivity index (χ3n) is 3.45. The van der Waals surface area contributed by atoms with Crippen molar-refractivity contribution in [1.29, 1.82) is 0 Å². The summed E-state index contributed by atoms with van der Waals surface area (Å²) in [6.45, 7) is 13.3. The van der Waals surface area contributed by atoms with Crippen LogP contribution >= 0.6 is 12.2 Å². The number of benzene rings is 1.